The Morgan fingerprint density at radius 3 is 2.58 bits per heavy atom. The van der Waals surface area contributed by atoms with Gasteiger partial charge < -0.3 is 5.32 Å². The molecule has 4 heteroatoms. The number of halogens is 2. The zero-order valence-electron chi connectivity index (χ0n) is 10.1. The molecule has 0 saturated heterocycles. The first-order valence-corrected chi connectivity index (χ1v) is 6.22. The third-order valence-electron chi connectivity index (χ3n) is 2.79. The van der Waals surface area contributed by atoms with Gasteiger partial charge in [0.1, 0.15) is 5.82 Å². The topological polar surface area (TPSA) is 35.8 Å². The van der Waals surface area contributed by atoms with Gasteiger partial charge in [0.25, 0.3) is 0 Å². The van der Waals surface area contributed by atoms with E-state index in [-0.39, 0.29) is 5.92 Å². The molecule has 0 aliphatic rings. The number of anilines is 1. The van der Waals surface area contributed by atoms with Crippen LogP contribution in [0.4, 0.5) is 10.1 Å². The average Bonchev–Trinajstić information content (AvgIpc) is 2.43. The van der Waals surface area contributed by atoms with Crippen LogP contribution in [0.2, 0.25) is 5.02 Å². The predicted octanol–water partition coefficient (Wildman–Crippen LogP) is 4.20. The Kier molecular flexibility index (Phi) is 4.38. The lowest BCUT2D eigenvalue weighted by Crippen LogP contribution is -2.12. The van der Waals surface area contributed by atoms with Crippen LogP contribution in [0, 0.1) is 17.1 Å². The lowest BCUT2D eigenvalue weighted by Gasteiger charge is -2.12. The average molecular weight is 275 g/mol. The predicted molar refractivity (Wildman–Crippen MR) is 74.7 cm³/mol. The largest absolute Gasteiger partial charge is 0.381 e. The van der Waals surface area contributed by atoms with E-state index >= 15 is 0 Å². The van der Waals surface area contributed by atoms with E-state index in [4.69, 9.17) is 16.9 Å². The van der Waals surface area contributed by atoms with Crippen molar-refractivity contribution in [3.8, 4) is 6.07 Å². The second-order valence-corrected chi connectivity index (χ2v) is 4.53. The molecular weight excluding hydrogens is 263 g/mol. The van der Waals surface area contributed by atoms with Crippen LogP contribution < -0.4 is 5.32 Å². The highest BCUT2D eigenvalue weighted by Crippen LogP contribution is 2.21. The molecule has 0 aliphatic heterocycles. The maximum atomic E-state index is 13.6. The van der Waals surface area contributed by atoms with Crippen LogP contribution >= 0.6 is 11.6 Å². The Balaban J connectivity index is 2.07. The molecule has 0 radical (unpaired) electrons. The monoisotopic (exact) mass is 274 g/mol. The van der Waals surface area contributed by atoms with E-state index in [9.17, 15) is 4.39 Å². The lowest BCUT2D eigenvalue weighted by atomic mass is 10.0. The molecule has 96 valence electrons. The van der Waals surface area contributed by atoms with Crippen LogP contribution in [0.15, 0.2) is 48.5 Å². The first-order valence-electron chi connectivity index (χ1n) is 5.84. The molecule has 0 bridgehead atoms. The van der Waals surface area contributed by atoms with Gasteiger partial charge in [-0.25, -0.2) is 4.39 Å². The summed E-state index contributed by atoms with van der Waals surface area (Å²) < 4.78 is 13.6. The fraction of sp³-hybridized carbons (Fsp3) is 0.133. The Labute approximate surface area is 116 Å². The van der Waals surface area contributed by atoms with E-state index in [1.807, 2.05) is 30.3 Å². The highest BCUT2D eigenvalue weighted by molar-refractivity contribution is 6.30. The number of hydrogen-bond donors (Lipinski definition) is 1. The maximum absolute atomic E-state index is 13.6. The molecule has 19 heavy (non-hydrogen) atoms. The van der Waals surface area contributed by atoms with Crippen molar-refractivity contribution in [2.45, 2.75) is 5.92 Å². The second kappa shape index (κ2) is 6.21. The highest BCUT2D eigenvalue weighted by atomic mass is 35.5. The molecule has 0 aliphatic carbocycles. The summed E-state index contributed by atoms with van der Waals surface area (Å²) in [5.41, 5.74) is 1.26. The van der Waals surface area contributed by atoms with Crippen LogP contribution in [0.25, 0.3) is 0 Å². The van der Waals surface area contributed by atoms with Crippen LogP contribution in [-0.4, -0.2) is 6.54 Å². The van der Waals surface area contributed by atoms with E-state index < -0.39 is 5.82 Å². The first-order chi connectivity index (χ1) is 9.20. The van der Waals surface area contributed by atoms with Gasteiger partial charge in [-0.2, -0.15) is 5.26 Å². The van der Waals surface area contributed by atoms with Crippen molar-refractivity contribution in [3.63, 3.8) is 0 Å². The highest BCUT2D eigenvalue weighted by Gasteiger charge is 2.11. The molecule has 0 heterocycles. The van der Waals surface area contributed by atoms with E-state index in [1.54, 1.807) is 12.1 Å². The number of nitrogens with zero attached hydrogens (tertiary/aromatic N) is 1. The van der Waals surface area contributed by atoms with Gasteiger partial charge in [-0.3, -0.25) is 0 Å². The second-order valence-electron chi connectivity index (χ2n) is 4.10. The van der Waals surface area contributed by atoms with Gasteiger partial charge in [0.05, 0.1) is 17.7 Å². The molecule has 1 atom stereocenters. The number of benzene rings is 2. The molecule has 2 aromatic carbocycles. The van der Waals surface area contributed by atoms with Crippen LogP contribution in [0.5, 0.6) is 0 Å². The van der Waals surface area contributed by atoms with E-state index in [2.05, 4.69) is 11.4 Å². The standard InChI is InChI=1S/C15H12ClFN2/c16-13-6-7-15(14(17)8-13)19-10-12(9-18)11-4-2-1-3-5-11/h1-8,12,19H,10H2. The molecule has 2 aromatic rings. The summed E-state index contributed by atoms with van der Waals surface area (Å²) in [7, 11) is 0. The molecule has 0 saturated carbocycles. The summed E-state index contributed by atoms with van der Waals surface area (Å²) in [4.78, 5) is 0. The molecule has 1 unspecified atom stereocenters. The Morgan fingerprint density at radius 1 is 1.21 bits per heavy atom. The minimum absolute atomic E-state index is 0.323. The molecule has 2 rings (SSSR count). The Morgan fingerprint density at radius 2 is 1.95 bits per heavy atom. The van der Waals surface area contributed by atoms with Gasteiger partial charge in [-0.15, -0.1) is 0 Å². The molecule has 2 nitrogen and oxygen atoms in total. The lowest BCUT2D eigenvalue weighted by molar-refractivity contribution is 0.629. The fourth-order valence-electron chi connectivity index (χ4n) is 1.77. The number of hydrogen-bond acceptors (Lipinski definition) is 2. The summed E-state index contributed by atoms with van der Waals surface area (Å²) >= 11 is 5.68. The number of rotatable bonds is 4. The molecule has 0 aromatic heterocycles. The van der Waals surface area contributed by atoms with Gasteiger partial charge in [0, 0.05) is 11.6 Å². The van der Waals surface area contributed by atoms with Gasteiger partial charge in [0.15, 0.2) is 0 Å². The molecule has 0 amide bonds. The summed E-state index contributed by atoms with van der Waals surface area (Å²) in [6.45, 7) is 0.346. The van der Waals surface area contributed by atoms with Crippen molar-refractivity contribution < 1.29 is 4.39 Å². The SMILES string of the molecule is N#CC(CNc1ccc(Cl)cc1F)c1ccccc1. The minimum atomic E-state index is -0.419. The van der Waals surface area contributed by atoms with E-state index in [0.29, 0.717) is 17.3 Å². The van der Waals surface area contributed by atoms with Crippen molar-refractivity contribution in [1.82, 2.24) is 0 Å². The smallest absolute Gasteiger partial charge is 0.147 e. The van der Waals surface area contributed by atoms with Gasteiger partial charge >= 0.3 is 0 Å². The van der Waals surface area contributed by atoms with Gasteiger partial charge in [0.2, 0.25) is 0 Å². The minimum Gasteiger partial charge on any atom is -0.381 e. The molecule has 0 spiro atoms. The van der Waals surface area contributed by atoms with Crippen molar-refractivity contribution >= 4 is 17.3 Å². The fourth-order valence-corrected chi connectivity index (χ4v) is 1.93. The molecular formula is C15H12ClFN2. The Bertz CT molecular complexity index is 593. The maximum Gasteiger partial charge on any atom is 0.147 e. The van der Waals surface area contributed by atoms with Crippen molar-refractivity contribution in [2.75, 3.05) is 11.9 Å². The van der Waals surface area contributed by atoms with Crippen LogP contribution in [0.1, 0.15) is 11.5 Å². The quantitative estimate of drug-likeness (QED) is 0.907. The van der Waals surface area contributed by atoms with E-state index in [0.717, 1.165) is 5.56 Å². The van der Waals surface area contributed by atoms with E-state index in [1.165, 1.54) is 6.07 Å². The number of nitrogens with one attached hydrogen (secondary N) is 1. The van der Waals surface area contributed by atoms with Gasteiger partial charge in [-0.1, -0.05) is 41.9 Å². The van der Waals surface area contributed by atoms with Crippen molar-refractivity contribution in [1.29, 1.82) is 5.26 Å². The summed E-state index contributed by atoms with van der Waals surface area (Å²) in [6, 6.07) is 16.0. The Hall–Kier alpha value is -2.05. The van der Waals surface area contributed by atoms with Crippen molar-refractivity contribution in [2.24, 2.45) is 0 Å². The van der Waals surface area contributed by atoms with Crippen LogP contribution in [0.3, 0.4) is 0 Å². The van der Waals surface area contributed by atoms with Crippen LogP contribution in [-0.2, 0) is 0 Å². The summed E-state index contributed by atoms with van der Waals surface area (Å²) in [6.07, 6.45) is 0. The number of nitriles is 1. The third-order valence-corrected chi connectivity index (χ3v) is 3.02. The van der Waals surface area contributed by atoms with Gasteiger partial charge in [-0.05, 0) is 23.8 Å². The summed E-state index contributed by atoms with van der Waals surface area (Å²) in [5.74, 6) is -0.742. The van der Waals surface area contributed by atoms with Crippen molar-refractivity contribution in [3.05, 3.63) is 64.9 Å². The zero-order chi connectivity index (χ0) is 13.7. The summed E-state index contributed by atoms with van der Waals surface area (Å²) in [5, 5.41) is 12.4. The molecule has 1 N–H and O–H groups in total. The third kappa shape index (κ3) is 3.46. The molecule has 0 fully saturated rings. The first kappa shape index (κ1) is 13.4. The normalized spacial score (nSPS) is 11.6. The zero-order valence-corrected chi connectivity index (χ0v) is 10.9.